The average molecular weight is 246 g/mol. The van der Waals surface area contributed by atoms with Gasteiger partial charge in [-0.3, -0.25) is 0 Å². The van der Waals surface area contributed by atoms with Gasteiger partial charge < -0.3 is 10.2 Å². The van der Waals surface area contributed by atoms with Gasteiger partial charge >= 0.3 is 0 Å². The summed E-state index contributed by atoms with van der Waals surface area (Å²) in [5.74, 6) is 0.446. The van der Waals surface area contributed by atoms with Crippen LogP contribution in [-0.4, -0.2) is 21.9 Å². The van der Waals surface area contributed by atoms with Crippen LogP contribution in [0.1, 0.15) is 55.6 Å². The van der Waals surface area contributed by atoms with E-state index in [4.69, 9.17) is 0 Å². The second-order valence-electron chi connectivity index (χ2n) is 6.02. The zero-order valence-electron chi connectivity index (χ0n) is 10.8. The monoisotopic (exact) mass is 246 g/mol. The quantitative estimate of drug-likeness (QED) is 0.861. The summed E-state index contributed by atoms with van der Waals surface area (Å²) < 4.78 is 0. The Hall–Kier alpha value is -0.860. The van der Waals surface area contributed by atoms with E-state index in [1.54, 1.807) is 0 Å². The number of aliphatic hydroxyl groups excluding tert-OH is 1. The van der Waals surface area contributed by atoms with Crippen LogP contribution >= 0.6 is 0 Å². The van der Waals surface area contributed by atoms with E-state index in [1.165, 1.54) is 17.5 Å². The van der Waals surface area contributed by atoms with Crippen molar-refractivity contribution in [3.8, 4) is 0 Å². The van der Waals surface area contributed by atoms with Crippen LogP contribution in [-0.2, 0) is 6.42 Å². The first-order valence-electron chi connectivity index (χ1n) is 7.17. The molecule has 0 amide bonds. The van der Waals surface area contributed by atoms with Gasteiger partial charge in [0.25, 0.3) is 0 Å². The number of hydrogen-bond donors (Lipinski definition) is 2. The summed E-state index contributed by atoms with van der Waals surface area (Å²) in [7, 11) is 0. The highest BCUT2D eigenvalue weighted by Gasteiger charge is 2.39. The topological polar surface area (TPSA) is 40.5 Å². The van der Waals surface area contributed by atoms with Crippen LogP contribution in [0.5, 0.6) is 0 Å². The molecule has 0 bridgehead atoms. The van der Waals surface area contributed by atoms with Gasteiger partial charge in [-0.2, -0.15) is 0 Å². The van der Waals surface area contributed by atoms with Crippen LogP contribution in [0.15, 0.2) is 24.3 Å². The van der Waals surface area contributed by atoms with Gasteiger partial charge in [0.1, 0.15) is 0 Å². The van der Waals surface area contributed by atoms with Crippen LogP contribution in [0.3, 0.4) is 0 Å². The van der Waals surface area contributed by atoms with E-state index in [1.807, 2.05) is 0 Å². The van der Waals surface area contributed by atoms with Gasteiger partial charge in [0.15, 0.2) is 0 Å². The number of benzene rings is 1. The summed E-state index contributed by atoms with van der Waals surface area (Å²) >= 11 is 0. The van der Waals surface area contributed by atoms with Crippen molar-refractivity contribution in [2.75, 3.05) is 0 Å². The Bertz CT molecular complexity index is 421. The fourth-order valence-corrected chi connectivity index (χ4v) is 3.56. The van der Waals surface area contributed by atoms with E-state index in [0.717, 1.165) is 32.1 Å². The molecular formula is C16H22O2. The van der Waals surface area contributed by atoms with Crippen LogP contribution in [0, 0.1) is 0 Å². The molecule has 1 saturated carbocycles. The van der Waals surface area contributed by atoms with Crippen molar-refractivity contribution in [2.45, 2.75) is 62.6 Å². The summed E-state index contributed by atoms with van der Waals surface area (Å²) in [6.07, 6.45) is 6.04. The Morgan fingerprint density at radius 2 is 1.89 bits per heavy atom. The van der Waals surface area contributed by atoms with Crippen LogP contribution in [0.2, 0.25) is 0 Å². The van der Waals surface area contributed by atoms with Crippen molar-refractivity contribution in [3.05, 3.63) is 35.4 Å². The summed E-state index contributed by atoms with van der Waals surface area (Å²) in [6, 6.07) is 8.45. The Balaban J connectivity index is 1.64. The van der Waals surface area contributed by atoms with Crippen molar-refractivity contribution >= 4 is 0 Å². The third-order valence-corrected chi connectivity index (χ3v) is 4.81. The van der Waals surface area contributed by atoms with E-state index in [9.17, 15) is 10.2 Å². The lowest BCUT2D eigenvalue weighted by Gasteiger charge is -2.40. The smallest absolute Gasteiger partial charge is 0.0905 e. The largest absolute Gasteiger partial charge is 0.390 e. The molecule has 1 aromatic carbocycles. The molecule has 2 unspecified atom stereocenters. The van der Waals surface area contributed by atoms with E-state index < -0.39 is 11.7 Å². The first kappa shape index (κ1) is 12.2. The van der Waals surface area contributed by atoms with E-state index in [-0.39, 0.29) is 0 Å². The minimum absolute atomic E-state index is 0.446. The Kier molecular flexibility index (Phi) is 3.16. The molecular weight excluding hydrogens is 224 g/mol. The molecule has 0 heterocycles. The summed E-state index contributed by atoms with van der Waals surface area (Å²) in [4.78, 5) is 0. The molecule has 2 N–H and O–H groups in total. The molecule has 0 aliphatic heterocycles. The maximum absolute atomic E-state index is 10.5. The molecule has 2 nitrogen and oxygen atoms in total. The minimum Gasteiger partial charge on any atom is -0.390 e. The van der Waals surface area contributed by atoms with Gasteiger partial charge in [0.2, 0.25) is 0 Å². The van der Waals surface area contributed by atoms with Crippen molar-refractivity contribution in [1.29, 1.82) is 0 Å². The minimum atomic E-state index is -0.817. The molecule has 0 radical (unpaired) electrons. The van der Waals surface area contributed by atoms with Crippen LogP contribution < -0.4 is 0 Å². The second-order valence-corrected chi connectivity index (χ2v) is 6.02. The number of rotatable bonds is 3. The Labute approximate surface area is 109 Å². The van der Waals surface area contributed by atoms with Gasteiger partial charge in [-0.1, -0.05) is 43.5 Å². The predicted octanol–water partition coefficient (Wildman–Crippen LogP) is 2.77. The average Bonchev–Trinajstić information content (AvgIpc) is 2.36. The molecule has 1 aromatic rings. The number of hydrogen-bond acceptors (Lipinski definition) is 2. The molecule has 18 heavy (non-hydrogen) atoms. The predicted molar refractivity (Wildman–Crippen MR) is 71.5 cm³/mol. The van der Waals surface area contributed by atoms with Gasteiger partial charge in [0.05, 0.1) is 11.7 Å². The fraction of sp³-hybridized carbons (Fsp3) is 0.625. The van der Waals surface area contributed by atoms with E-state index >= 15 is 0 Å². The molecule has 0 spiro atoms. The van der Waals surface area contributed by atoms with E-state index in [0.29, 0.717) is 12.3 Å². The van der Waals surface area contributed by atoms with Crippen LogP contribution in [0.4, 0.5) is 0 Å². The summed E-state index contributed by atoms with van der Waals surface area (Å²) in [5, 5.41) is 20.9. The molecule has 0 aromatic heterocycles. The third kappa shape index (κ3) is 2.08. The maximum atomic E-state index is 10.5. The highest BCUT2D eigenvalue weighted by atomic mass is 16.3. The SMILES string of the molecule is OC(CC1Cc2ccccc21)C1(O)CCCCC1. The number of aliphatic hydroxyl groups is 2. The highest BCUT2D eigenvalue weighted by Crippen LogP contribution is 2.41. The van der Waals surface area contributed by atoms with E-state index in [2.05, 4.69) is 24.3 Å². The second kappa shape index (κ2) is 4.67. The van der Waals surface area contributed by atoms with Crippen molar-refractivity contribution in [3.63, 3.8) is 0 Å². The molecule has 3 rings (SSSR count). The first-order valence-corrected chi connectivity index (χ1v) is 7.17. The highest BCUT2D eigenvalue weighted by molar-refractivity contribution is 5.39. The van der Waals surface area contributed by atoms with Crippen molar-refractivity contribution in [1.82, 2.24) is 0 Å². The zero-order valence-corrected chi connectivity index (χ0v) is 10.8. The van der Waals surface area contributed by atoms with Crippen LogP contribution in [0.25, 0.3) is 0 Å². The lowest BCUT2D eigenvalue weighted by Crippen LogP contribution is -2.45. The van der Waals surface area contributed by atoms with Crippen molar-refractivity contribution < 1.29 is 10.2 Å². The fourth-order valence-electron chi connectivity index (χ4n) is 3.56. The summed E-state index contributed by atoms with van der Waals surface area (Å²) in [5.41, 5.74) is 1.96. The van der Waals surface area contributed by atoms with Gasteiger partial charge in [-0.25, -0.2) is 0 Å². The Morgan fingerprint density at radius 1 is 1.17 bits per heavy atom. The Morgan fingerprint density at radius 3 is 2.61 bits per heavy atom. The zero-order chi connectivity index (χ0) is 12.6. The first-order chi connectivity index (χ1) is 8.69. The maximum Gasteiger partial charge on any atom is 0.0905 e. The number of fused-ring (bicyclic) bond motifs is 1. The molecule has 2 aliphatic rings. The lowest BCUT2D eigenvalue weighted by molar-refractivity contribution is -0.102. The van der Waals surface area contributed by atoms with Gasteiger partial charge in [-0.15, -0.1) is 0 Å². The molecule has 1 fully saturated rings. The van der Waals surface area contributed by atoms with Gasteiger partial charge in [0, 0.05) is 0 Å². The molecule has 98 valence electrons. The van der Waals surface area contributed by atoms with Gasteiger partial charge in [-0.05, 0) is 42.7 Å². The lowest BCUT2D eigenvalue weighted by atomic mass is 9.71. The molecule has 2 atom stereocenters. The third-order valence-electron chi connectivity index (χ3n) is 4.81. The molecule has 2 aliphatic carbocycles. The molecule has 2 heteroatoms. The van der Waals surface area contributed by atoms with Crippen molar-refractivity contribution in [2.24, 2.45) is 0 Å². The summed E-state index contributed by atoms with van der Waals surface area (Å²) in [6.45, 7) is 0. The molecule has 0 saturated heterocycles. The normalized spacial score (nSPS) is 27.1. The standard InChI is InChI=1S/C16H22O2/c17-15(16(18)8-4-1-5-9-16)11-13-10-12-6-2-3-7-14(12)13/h2-3,6-7,13,15,17-18H,1,4-5,8-11H2.